The van der Waals surface area contributed by atoms with E-state index in [1.165, 1.54) is 20.8 Å². The molecule has 138 valence electrons. The smallest absolute Gasteiger partial charge is 0.385 e. The lowest BCUT2D eigenvalue weighted by Crippen LogP contribution is -2.16. The molecular weight excluding hydrogens is 362 g/mol. The number of Topliss-reactive ketones (excluding diaryl/α,β-unsaturated/α-hetero) is 1. The van der Waals surface area contributed by atoms with Crippen LogP contribution in [0.25, 0.3) is 0 Å². The number of rotatable bonds is 6. The predicted molar refractivity (Wildman–Crippen MR) is 92.7 cm³/mol. The number of ether oxygens (including phenoxy) is 1. The average molecular weight is 379 g/mol. The van der Waals surface area contributed by atoms with E-state index in [1.54, 1.807) is 24.3 Å². The minimum Gasteiger partial charge on any atom is -0.472 e. The highest BCUT2D eigenvalue weighted by atomic mass is 32.2. The first kappa shape index (κ1) is 23.2. The minimum atomic E-state index is -1.07. The van der Waals surface area contributed by atoms with Crippen molar-refractivity contribution in [1.82, 2.24) is 0 Å². The number of hydrogen-bond donors (Lipinski definition) is 2. The molecule has 26 heavy (non-hydrogen) atoms. The number of ketones is 1. The highest BCUT2D eigenvalue weighted by molar-refractivity contribution is 7.94. The monoisotopic (exact) mass is 379 g/mol. The average Bonchev–Trinajstić information content (AvgIpc) is 2.59. The van der Waals surface area contributed by atoms with Gasteiger partial charge in [0, 0.05) is 22.3 Å². The number of benzene rings is 1. The van der Waals surface area contributed by atoms with Crippen LogP contribution in [0.5, 0.6) is 0 Å². The van der Waals surface area contributed by atoms with Crippen LogP contribution >= 0.6 is 12.0 Å². The molecule has 0 aliphatic rings. The third kappa shape index (κ3) is 10.1. The third-order valence-electron chi connectivity index (χ3n) is 2.41. The zero-order valence-electron chi connectivity index (χ0n) is 14.3. The lowest BCUT2D eigenvalue weighted by atomic mass is 10.1. The Morgan fingerprint density at radius 1 is 1.12 bits per heavy atom. The Balaban J connectivity index is 0.000000896. The van der Waals surface area contributed by atoms with Crippen LogP contribution < -0.4 is 5.90 Å². The lowest BCUT2D eigenvalue weighted by molar-refractivity contribution is -0.195. The van der Waals surface area contributed by atoms with Gasteiger partial charge in [-0.2, -0.15) is 5.90 Å². The number of carbonyl (C=O) groups is 3. The van der Waals surface area contributed by atoms with Crippen LogP contribution in [-0.4, -0.2) is 22.8 Å². The van der Waals surface area contributed by atoms with Gasteiger partial charge in [-0.1, -0.05) is 24.0 Å². The topological polar surface area (TPSA) is 125 Å². The number of carboxylic acids is 1. The second kappa shape index (κ2) is 13.5. The third-order valence-corrected chi connectivity index (χ3v) is 3.02. The molecule has 0 bridgehead atoms. The summed E-state index contributed by atoms with van der Waals surface area (Å²) < 4.78 is 9.50. The molecule has 1 rings (SSSR count). The van der Waals surface area contributed by atoms with E-state index in [0.717, 1.165) is 12.0 Å². The van der Waals surface area contributed by atoms with Crippen molar-refractivity contribution in [3.05, 3.63) is 29.8 Å². The van der Waals surface area contributed by atoms with Gasteiger partial charge in [0.1, 0.15) is 0 Å². The fraction of sp³-hybridized carbons (Fsp3) is 0.235. The number of carboxylic acid groups (broad SMARTS) is 1. The molecule has 1 aromatic carbocycles. The summed E-state index contributed by atoms with van der Waals surface area (Å²) in [4.78, 5) is 37.0. The van der Waals surface area contributed by atoms with Crippen molar-refractivity contribution in [1.29, 1.82) is 0 Å². The van der Waals surface area contributed by atoms with Gasteiger partial charge in [-0.15, -0.1) is 9.32 Å². The normalized spacial score (nSPS) is 9.85. The molecule has 3 N–H and O–H groups in total. The van der Waals surface area contributed by atoms with Gasteiger partial charge in [-0.25, -0.2) is 9.59 Å². The van der Waals surface area contributed by atoms with E-state index < -0.39 is 18.0 Å². The maximum Gasteiger partial charge on any atom is 0.385 e. The Labute approximate surface area is 155 Å². The van der Waals surface area contributed by atoms with Crippen molar-refractivity contribution in [2.24, 2.45) is 5.90 Å². The number of esters is 1. The second-order valence-electron chi connectivity index (χ2n) is 4.27. The summed E-state index contributed by atoms with van der Waals surface area (Å²) in [5.74, 6) is 11.3. The van der Waals surface area contributed by atoms with E-state index in [4.69, 9.17) is 15.7 Å². The van der Waals surface area contributed by atoms with E-state index in [2.05, 4.69) is 27.1 Å². The summed E-state index contributed by atoms with van der Waals surface area (Å²) in [5.41, 5.74) is 0.543. The second-order valence-corrected chi connectivity index (χ2v) is 5.04. The molecule has 0 aromatic heterocycles. The van der Waals surface area contributed by atoms with Crippen LogP contribution in [0.2, 0.25) is 0 Å². The zero-order chi connectivity index (χ0) is 19.9. The number of hydrogen-bond acceptors (Lipinski definition) is 8. The van der Waals surface area contributed by atoms with Crippen LogP contribution in [0, 0.1) is 23.7 Å². The Morgan fingerprint density at radius 2 is 1.69 bits per heavy atom. The van der Waals surface area contributed by atoms with Crippen molar-refractivity contribution < 1.29 is 33.5 Å². The van der Waals surface area contributed by atoms with E-state index in [-0.39, 0.29) is 5.78 Å². The molecular formula is C17H17NO7S. The number of aliphatic carboxylic acids is 1. The van der Waals surface area contributed by atoms with Crippen molar-refractivity contribution in [3.8, 4) is 23.7 Å². The van der Waals surface area contributed by atoms with Crippen molar-refractivity contribution >= 4 is 29.8 Å². The van der Waals surface area contributed by atoms with Gasteiger partial charge in [0.15, 0.2) is 11.9 Å². The Hall–Kier alpha value is -2.82. The minimum absolute atomic E-state index is 0.293. The van der Waals surface area contributed by atoms with Gasteiger partial charge in [0.25, 0.3) is 0 Å². The molecule has 1 aromatic rings. The molecule has 1 atom stereocenters. The molecule has 0 radical (unpaired) electrons. The zero-order valence-corrected chi connectivity index (χ0v) is 15.1. The summed E-state index contributed by atoms with van der Waals surface area (Å²) in [6.07, 6.45) is -0.978. The highest BCUT2D eigenvalue weighted by Crippen LogP contribution is 2.24. The summed E-state index contributed by atoms with van der Waals surface area (Å²) >= 11 is 0.909. The molecule has 0 saturated carbocycles. The highest BCUT2D eigenvalue weighted by Gasteiger charge is 2.20. The number of nitrogens with two attached hydrogens (primary N) is 1. The quantitative estimate of drug-likeness (QED) is 0.190. The molecule has 0 aliphatic carbocycles. The van der Waals surface area contributed by atoms with Crippen molar-refractivity contribution in [2.75, 3.05) is 0 Å². The summed E-state index contributed by atoms with van der Waals surface area (Å²) in [6.45, 7) is 4.33. The van der Waals surface area contributed by atoms with E-state index in [0.29, 0.717) is 10.5 Å². The molecule has 0 heterocycles. The van der Waals surface area contributed by atoms with Gasteiger partial charge in [-0.3, -0.25) is 4.79 Å². The summed E-state index contributed by atoms with van der Waals surface area (Å²) in [7, 11) is 0. The largest absolute Gasteiger partial charge is 0.472 e. The molecule has 9 heteroatoms. The first-order valence-corrected chi connectivity index (χ1v) is 7.69. The van der Waals surface area contributed by atoms with Crippen LogP contribution in [0.4, 0.5) is 0 Å². The standard InChI is InChI=1S/C13H13NO5S.C4H4O2/c1-3-4-12(16)17-13(9(2)15)10-5-7-11(8-6-10)20-19-18-14;1-2-3-4(5)6/h5-8,13H,14H2,1-2H3;1H3,(H,5,6). The van der Waals surface area contributed by atoms with Gasteiger partial charge in [0.05, 0.1) is 12.0 Å². The van der Waals surface area contributed by atoms with Crippen molar-refractivity contribution in [2.45, 2.75) is 31.8 Å². The summed E-state index contributed by atoms with van der Waals surface area (Å²) in [5, 5.41) is 7.74. The van der Waals surface area contributed by atoms with Crippen LogP contribution in [-0.2, 0) is 28.4 Å². The summed E-state index contributed by atoms with van der Waals surface area (Å²) in [6, 6.07) is 6.63. The molecule has 0 amide bonds. The molecule has 8 nitrogen and oxygen atoms in total. The van der Waals surface area contributed by atoms with Gasteiger partial charge >= 0.3 is 11.9 Å². The number of carbonyl (C=O) groups excluding carboxylic acids is 2. The van der Waals surface area contributed by atoms with Crippen LogP contribution in [0.1, 0.15) is 32.4 Å². The molecule has 0 saturated heterocycles. The van der Waals surface area contributed by atoms with Crippen LogP contribution in [0.15, 0.2) is 29.2 Å². The maximum absolute atomic E-state index is 11.5. The van der Waals surface area contributed by atoms with E-state index >= 15 is 0 Å². The van der Waals surface area contributed by atoms with Gasteiger partial charge < -0.3 is 9.84 Å². The lowest BCUT2D eigenvalue weighted by Gasteiger charge is -2.13. The maximum atomic E-state index is 11.5. The molecule has 1 unspecified atom stereocenters. The van der Waals surface area contributed by atoms with E-state index in [9.17, 15) is 14.4 Å². The van der Waals surface area contributed by atoms with Crippen molar-refractivity contribution in [3.63, 3.8) is 0 Å². The first-order valence-electron chi connectivity index (χ1n) is 6.95. The molecule has 0 aliphatic heterocycles. The van der Waals surface area contributed by atoms with Crippen LogP contribution in [0.3, 0.4) is 0 Å². The first-order chi connectivity index (χ1) is 12.3. The van der Waals surface area contributed by atoms with Gasteiger partial charge in [-0.05, 0) is 32.9 Å². The SMILES string of the molecule is CC#CC(=O)O.CC#CC(=O)OC(C(C)=O)c1ccc(SOON)cc1. The Kier molecular flexibility index (Phi) is 12.0. The van der Waals surface area contributed by atoms with E-state index in [1.807, 2.05) is 5.92 Å². The van der Waals surface area contributed by atoms with Gasteiger partial charge in [0.2, 0.25) is 0 Å². The fourth-order valence-electron chi connectivity index (χ4n) is 1.49. The Morgan fingerprint density at radius 3 is 2.08 bits per heavy atom. The fourth-order valence-corrected chi connectivity index (χ4v) is 1.85. The molecule has 0 fully saturated rings. The molecule has 0 spiro atoms. The Bertz CT molecular complexity index is 738. The predicted octanol–water partition coefficient (Wildman–Crippen LogP) is 1.81.